The highest BCUT2D eigenvalue weighted by molar-refractivity contribution is 9.10. The van der Waals surface area contributed by atoms with E-state index in [9.17, 15) is 9.59 Å². The van der Waals surface area contributed by atoms with E-state index in [1.54, 1.807) is 42.5 Å². The van der Waals surface area contributed by atoms with Gasteiger partial charge in [-0.3, -0.25) is 9.36 Å². The molecular weight excluding hydrogens is 674 g/mol. The Morgan fingerprint density at radius 3 is 2.43 bits per heavy atom. The molecule has 1 aliphatic rings. The van der Waals surface area contributed by atoms with E-state index < -0.39 is 12.0 Å². The smallest absolute Gasteiger partial charge is 0.337 e. The molecule has 46 heavy (non-hydrogen) atoms. The summed E-state index contributed by atoms with van der Waals surface area (Å²) in [5.41, 5.74) is 2.66. The van der Waals surface area contributed by atoms with Gasteiger partial charge in [-0.1, -0.05) is 29.5 Å². The number of nitrogens with zero attached hydrogens (tertiary/aromatic N) is 3. The minimum atomic E-state index is -0.806. The molecule has 0 fully saturated rings. The van der Waals surface area contributed by atoms with Gasteiger partial charge in [0.15, 0.2) is 27.8 Å². The molecule has 2 heterocycles. The van der Waals surface area contributed by atoms with Crippen molar-refractivity contribution >= 4 is 39.3 Å². The standard InChI is InChI=1S/C34H30BrN3O7S/c1-5-43-26-12-11-23(16-27(26)44-6-2)30-24(33(40)42-4)18-37-34-38(30)32(39)29(46-34)15-22-13-25(35)31(28(14-22)41-3)45-19-21-9-7-20(17-36)8-10-21/h7-16,18,30H,5-6,19H2,1-4H3/b29-15+/t30-/m0/s1. The van der Waals surface area contributed by atoms with Crippen molar-refractivity contribution in [2.24, 2.45) is 4.99 Å². The van der Waals surface area contributed by atoms with Gasteiger partial charge in [0.1, 0.15) is 6.61 Å². The van der Waals surface area contributed by atoms with Gasteiger partial charge in [-0.05, 0) is 88.9 Å². The first kappa shape index (κ1) is 32.5. The zero-order valence-electron chi connectivity index (χ0n) is 25.5. The third-order valence-electron chi connectivity index (χ3n) is 7.02. The average molecular weight is 705 g/mol. The molecule has 10 nitrogen and oxygen atoms in total. The van der Waals surface area contributed by atoms with E-state index in [2.05, 4.69) is 27.0 Å². The second-order valence-electron chi connectivity index (χ2n) is 9.88. The van der Waals surface area contributed by atoms with Gasteiger partial charge in [0.05, 0.1) is 59.7 Å². The third-order valence-corrected chi connectivity index (χ3v) is 8.61. The summed E-state index contributed by atoms with van der Waals surface area (Å²) in [6.07, 6.45) is 3.19. The first-order valence-electron chi connectivity index (χ1n) is 14.3. The fourth-order valence-corrected chi connectivity index (χ4v) is 6.48. The summed E-state index contributed by atoms with van der Waals surface area (Å²) in [7, 11) is 2.83. The molecule has 5 rings (SSSR count). The lowest BCUT2D eigenvalue weighted by Gasteiger charge is -2.23. The second kappa shape index (κ2) is 14.5. The fourth-order valence-electron chi connectivity index (χ4n) is 4.93. The van der Waals surface area contributed by atoms with Crippen LogP contribution in [0.3, 0.4) is 0 Å². The quantitative estimate of drug-likeness (QED) is 0.199. The van der Waals surface area contributed by atoms with Crippen molar-refractivity contribution in [2.45, 2.75) is 26.5 Å². The van der Waals surface area contributed by atoms with Gasteiger partial charge < -0.3 is 23.7 Å². The summed E-state index contributed by atoms with van der Waals surface area (Å²) in [6.45, 7) is 4.87. The summed E-state index contributed by atoms with van der Waals surface area (Å²) < 4.78 is 30.8. The Hall–Kier alpha value is -4.86. The summed E-state index contributed by atoms with van der Waals surface area (Å²) in [5.74, 6) is 1.43. The number of aromatic nitrogens is 1. The number of halogens is 1. The Morgan fingerprint density at radius 1 is 1.02 bits per heavy atom. The van der Waals surface area contributed by atoms with E-state index in [1.165, 1.54) is 36.3 Å². The molecule has 0 spiro atoms. The zero-order chi connectivity index (χ0) is 32.8. The molecule has 4 aromatic rings. The SMILES string of the molecule is CCOc1ccc([C@H]2C(C(=O)OC)=CN=c3s/c(=C/c4cc(Br)c(OCc5ccc(C#N)cc5)c(OC)c4)c(=O)n32)cc1OCC. The second-order valence-corrected chi connectivity index (χ2v) is 11.7. The average Bonchev–Trinajstić information content (AvgIpc) is 3.38. The van der Waals surface area contributed by atoms with Crippen LogP contribution in [-0.4, -0.2) is 38.0 Å². The molecule has 0 amide bonds. The minimum absolute atomic E-state index is 0.209. The number of nitriles is 1. The van der Waals surface area contributed by atoms with E-state index in [4.69, 9.17) is 28.9 Å². The van der Waals surface area contributed by atoms with Crippen LogP contribution in [0.5, 0.6) is 23.0 Å². The van der Waals surface area contributed by atoms with Crippen molar-refractivity contribution in [3.8, 4) is 29.1 Å². The van der Waals surface area contributed by atoms with E-state index in [1.807, 2.05) is 32.0 Å². The zero-order valence-corrected chi connectivity index (χ0v) is 27.9. The Balaban J connectivity index is 1.54. The molecule has 0 saturated carbocycles. The number of carbonyl (C=O) groups is 1. The predicted molar refractivity (Wildman–Crippen MR) is 176 cm³/mol. The highest BCUT2D eigenvalue weighted by atomic mass is 79.9. The molecule has 0 bridgehead atoms. The highest BCUT2D eigenvalue weighted by Crippen LogP contribution is 2.38. The molecule has 236 valence electrons. The lowest BCUT2D eigenvalue weighted by molar-refractivity contribution is -0.136. The van der Waals surface area contributed by atoms with E-state index in [0.29, 0.717) is 66.7 Å². The number of rotatable bonds is 11. The largest absolute Gasteiger partial charge is 0.493 e. The number of methoxy groups -OCH3 is 2. The maximum absolute atomic E-state index is 14.0. The lowest BCUT2D eigenvalue weighted by atomic mass is 9.97. The number of hydrogen-bond donors (Lipinski definition) is 0. The maximum Gasteiger partial charge on any atom is 0.337 e. The number of hydrogen-bond acceptors (Lipinski definition) is 10. The first-order valence-corrected chi connectivity index (χ1v) is 15.9. The van der Waals surface area contributed by atoms with Crippen molar-refractivity contribution in [2.75, 3.05) is 27.4 Å². The Bertz CT molecular complexity index is 2030. The van der Waals surface area contributed by atoms with Crippen molar-refractivity contribution < 1.29 is 28.5 Å². The fraction of sp³-hybridized carbons (Fsp3) is 0.235. The van der Waals surface area contributed by atoms with Gasteiger partial charge in [0.2, 0.25) is 0 Å². The van der Waals surface area contributed by atoms with Gasteiger partial charge in [-0.25, -0.2) is 9.79 Å². The number of esters is 1. The van der Waals surface area contributed by atoms with Crippen molar-refractivity contribution in [1.82, 2.24) is 4.57 Å². The van der Waals surface area contributed by atoms with E-state index in [0.717, 1.165) is 5.56 Å². The molecule has 1 aliphatic heterocycles. The molecule has 0 radical (unpaired) electrons. The number of fused-ring (bicyclic) bond motifs is 1. The maximum atomic E-state index is 14.0. The summed E-state index contributed by atoms with van der Waals surface area (Å²) in [6, 6.07) is 17.4. The molecule has 1 aromatic heterocycles. The predicted octanol–water partition coefficient (Wildman–Crippen LogP) is 5.04. The number of thiazole rings is 1. The van der Waals surface area contributed by atoms with Crippen molar-refractivity contribution in [3.63, 3.8) is 0 Å². The number of ether oxygens (including phenoxy) is 5. The molecule has 0 unspecified atom stereocenters. The third kappa shape index (κ3) is 6.71. The van der Waals surface area contributed by atoms with Crippen LogP contribution in [0.2, 0.25) is 0 Å². The van der Waals surface area contributed by atoms with Crippen LogP contribution in [0.1, 0.15) is 42.1 Å². The Labute approximate surface area is 277 Å². The van der Waals surface area contributed by atoms with Gasteiger partial charge in [0, 0.05) is 6.20 Å². The molecule has 0 aliphatic carbocycles. The summed E-state index contributed by atoms with van der Waals surface area (Å²) >= 11 is 4.79. The van der Waals surface area contributed by atoms with Crippen LogP contribution in [0.25, 0.3) is 6.08 Å². The van der Waals surface area contributed by atoms with Crippen LogP contribution in [0.4, 0.5) is 0 Å². The van der Waals surface area contributed by atoms with E-state index >= 15 is 0 Å². The van der Waals surface area contributed by atoms with Gasteiger partial charge in [-0.15, -0.1) is 0 Å². The van der Waals surface area contributed by atoms with Crippen LogP contribution in [-0.2, 0) is 16.1 Å². The molecule has 0 N–H and O–H groups in total. The number of benzene rings is 3. The van der Waals surface area contributed by atoms with Gasteiger partial charge in [-0.2, -0.15) is 5.26 Å². The lowest BCUT2D eigenvalue weighted by Crippen LogP contribution is -2.39. The molecular formula is C34H30BrN3O7S. The topological polar surface area (TPSA) is 121 Å². The molecule has 3 aromatic carbocycles. The van der Waals surface area contributed by atoms with Gasteiger partial charge in [0.25, 0.3) is 5.56 Å². The molecule has 0 saturated heterocycles. The highest BCUT2D eigenvalue weighted by Gasteiger charge is 2.31. The summed E-state index contributed by atoms with van der Waals surface area (Å²) in [5, 5.41) is 9.04. The normalized spacial score (nSPS) is 14.0. The number of carbonyl (C=O) groups excluding carboxylic acids is 1. The van der Waals surface area contributed by atoms with Crippen LogP contribution >= 0.6 is 27.3 Å². The van der Waals surface area contributed by atoms with Crippen LogP contribution in [0.15, 0.2) is 80.6 Å². The molecule has 12 heteroatoms. The van der Waals surface area contributed by atoms with Crippen molar-refractivity contribution in [1.29, 1.82) is 5.26 Å². The first-order chi connectivity index (χ1) is 22.3. The van der Waals surface area contributed by atoms with Crippen LogP contribution < -0.4 is 33.8 Å². The van der Waals surface area contributed by atoms with Gasteiger partial charge >= 0.3 is 5.97 Å². The Morgan fingerprint density at radius 2 is 1.76 bits per heavy atom. The van der Waals surface area contributed by atoms with Crippen LogP contribution in [0, 0.1) is 11.3 Å². The summed E-state index contributed by atoms with van der Waals surface area (Å²) in [4.78, 5) is 31.8. The molecule has 1 atom stereocenters. The van der Waals surface area contributed by atoms with E-state index in [-0.39, 0.29) is 17.7 Å². The minimum Gasteiger partial charge on any atom is -0.493 e. The van der Waals surface area contributed by atoms with Crippen molar-refractivity contribution in [3.05, 3.63) is 113 Å². The monoisotopic (exact) mass is 703 g/mol. The Kier molecular flexibility index (Phi) is 10.2.